The lowest BCUT2D eigenvalue weighted by atomic mass is 10.2. The molecule has 15 heavy (non-hydrogen) atoms. The van der Waals surface area contributed by atoms with E-state index in [0.717, 1.165) is 6.54 Å². The second kappa shape index (κ2) is 7.85. The monoisotopic (exact) mass is 229 g/mol. The van der Waals surface area contributed by atoms with Crippen molar-refractivity contribution in [3.63, 3.8) is 0 Å². The van der Waals surface area contributed by atoms with Crippen molar-refractivity contribution in [1.29, 1.82) is 0 Å². The fourth-order valence-electron chi connectivity index (χ4n) is 1.39. The van der Waals surface area contributed by atoms with Crippen molar-refractivity contribution in [2.45, 2.75) is 44.6 Å². The zero-order valence-electron chi connectivity index (χ0n) is 9.67. The summed E-state index contributed by atoms with van der Waals surface area (Å²) in [4.78, 5) is 4.30. The predicted octanol–water partition coefficient (Wildman–Crippen LogP) is 1.98. The molecule has 1 fully saturated rings. The topological polar surface area (TPSA) is 50.4 Å². The number of nitrogens with one attached hydrogen (secondary N) is 1. The molecular formula is C11H23N3S. The van der Waals surface area contributed by atoms with E-state index < -0.39 is 0 Å². The molecule has 4 heteroatoms. The van der Waals surface area contributed by atoms with Gasteiger partial charge in [-0.2, -0.15) is 11.8 Å². The Bertz CT molecular complexity index is 190. The van der Waals surface area contributed by atoms with Gasteiger partial charge in [0.1, 0.15) is 0 Å². The molecular weight excluding hydrogens is 206 g/mol. The maximum absolute atomic E-state index is 5.71. The standard InChI is InChI=1S/C11H23N3S/c1-15-9-5-3-2-4-8-13-11(12)14-10-6-7-10/h10H,2-9H2,1H3,(H3,12,13,14). The van der Waals surface area contributed by atoms with Crippen molar-refractivity contribution in [1.82, 2.24) is 5.32 Å². The van der Waals surface area contributed by atoms with Crippen LogP contribution in [0.3, 0.4) is 0 Å². The first-order valence-electron chi connectivity index (χ1n) is 5.88. The van der Waals surface area contributed by atoms with Gasteiger partial charge in [0.2, 0.25) is 0 Å². The van der Waals surface area contributed by atoms with Crippen LogP contribution >= 0.6 is 11.8 Å². The Labute approximate surface area is 97.3 Å². The molecule has 0 aromatic carbocycles. The highest BCUT2D eigenvalue weighted by Crippen LogP contribution is 2.17. The lowest BCUT2D eigenvalue weighted by Gasteiger charge is -2.02. The third kappa shape index (κ3) is 7.54. The molecule has 0 bridgehead atoms. The van der Waals surface area contributed by atoms with Gasteiger partial charge in [0.25, 0.3) is 0 Å². The van der Waals surface area contributed by atoms with Crippen LogP contribution in [-0.4, -0.2) is 30.6 Å². The molecule has 0 unspecified atom stereocenters. The van der Waals surface area contributed by atoms with Crippen molar-refractivity contribution in [2.75, 3.05) is 18.6 Å². The molecule has 0 spiro atoms. The Kier molecular flexibility index (Phi) is 6.64. The molecule has 0 heterocycles. The van der Waals surface area contributed by atoms with Crippen LogP contribution in [0.2, 0.25) is 0 Å². The number of hydrogen-bond donors (Lipinski definition) is 2. The minimum atomic E-state index is 0.621. The Morgan fingerprint density at radius 1 is 1.33 bits per heavy atom. The van der Waals surface area contributed by atoms with Gasteiger partial charge in [0, 0.05) is 12.6 Å². The van der Waals surface area contributed by atoms with Gasteiger partial charge in [-0.3, -0.25) is 4.99 Å². The van der Waals surface area contributed by atoms with Crippen LogP contribution in [0, 0.1) is 0 Å². The number of aliphatic imine (C=N–C) groups is 1. The largest absolute Gasteiger partial charge is 0.370 e. The van der Waals surface area contributed by atoms with E-state index in [1.54, 1.807) is 0 Å². The van der Waals surface area contributed by atoms with Gasteiger partial charge in [-0.05, 0) is 37.7 Å². The Hall–Kier alpha value is -0.380. The molecule has 0 atom stereocenters. The van der Waals surface area contributed by atoms with Crippen LogP contribution in [0.15, 0.2) is 4.99 Å². The van der Waals surface area contributed by atoms with Crippen LogP contribution in [0.5, 0.6) is 0 Å². The lowest BCUT2D eigenvalue weighted by molar-refractivity contribution is 0.676. The van der Waals surface area contributed by atoms with Crippen LogP contribution in [-0.2, 0) is 0 Å². The maximum Gasteiger partial charge on any atom is 0.188 e. The molecule has 88 valence electrons. The number of nitrogens with two attached hydrogens (primary N) is 1. The first-order valence-corrected chi connectivity index (χ1v) is 7.27. The highest BCUT2D eigenvalue weighted by molar-refractivity contribution is 7.98. The van der Waals surface area contributed by atoms with Gasteiger partial charge >= 0.3 is 0 Å². The Morgan fingerprint density at radius 2 is 2.07 bits per heavy atom. The summed E-state index contributed by atoms with van der Waals surface area (Å²) in [6, 6.07) is 0.621. The van der Waals surface area contributed by atoms with E-state index in [-0.39, 0.29) is 0 Å². The van der Waals surface area contributed by atoms with Gasteiger partial charge in [-0.15, -0.1) is 0 Å². The van der Waals surface area contributed by atoms with Gasteiger partial charge < -0.3 is 11.1 Å². The quantitative estimate of drug-likeness (QED) is 0.380. The second-order valence-electron chi connectivity index (χ2n) is 4.09. The summed E-state index contributed by atoms with van der Waals surface area (Å²) < 4.78 is 0. The highest BCUT2D eigenvalue weighted by Gasteiger charge is 2.21. The average Bonchev–Trinajstić information content (AvgIpc) is 3.00. The molecule has 3 N–H and O–H groups in total. The minimum Gasteiger partial charge on any atom is -0.370 e. The number of rotatable bonds is 8. The van der Waals surface area contributed by atoms with Crippen molar-refractivity contribution in [2.24, 2.45) is 10.7 Å². The van der Waals surface area contributed by atoms with E-state index in [4.69, 9.17) is 5.73 Å². The van der Waals surface area contributed by atoms with Crippen molar-refractivity contribution >= 4 is 17.7 Å². The SMILES string of the molecule is CSCCCCCCN=C(N)NC1CC1. The normalized spacial score (nSPS) is 16.7. The number of unbranched alkanes of at least 4 members (excludes halogenated alkanes) is 3. The fourth-order valence-corrected chi connectivity index (χ4v) is 1.89. The van der Waals surface area contributed by atoms with E-state index >= 15 is 0 Å². The number of hydrogen-bond acceptors (Lipinski definition) is 2. The summed E-state index contributed by atoms with van der Waals surface area (Å²) >= 11 is 1.93. The summed E-state index contributed by atoms with van der Waals surface area (Å²) in [6.45, 7) is 0.880. The molecule has 1 aliphatic rings. The number of thioether (sulfide) groups is 1. The summed E-state index contributed by atoms with van der Waals surface area (Å²) in [5.74, 6) is 1.93. The van der Waals surface area contributed by atoms with Gasteiger partial charge in [-0.1, -0.05) is 12.8 Å². The van der Waals surface area contributed by atoms with Crippen molar-refractivity contribution in [3.05, 3.63) is 0 Å². The summed E-state index contributed by atoms with van der Waals surface area (Å²) in [6.07, 6.45) is 9.78. The second-order valence-corrected chi connectivity index (χ2v) is 5.08. The maximum atomic E-state index is 5.71. The predicted molar refractivity (Wildman–Crippen MR) is 69.5 cm³/mol. The Morgan fingerprint density at radius 3 is 2.73 bits per heavy atom. The lowest BCUT2D eigenvalue weighted by Crippen LogP contribution is -2.33. The molecule has 0 saturated heterocycles. The first kappa shape index (κ1) is 12.7. The van der Waals surface area contributed by atoms with Crippen molar-refractivity contribution in [3.8, 4) is 0 Å². The van der Waals surface area contributed by atoms with E-state index in [2.05, 4.69) is 16.6 Å². The molecule has 0 amide bonds. The van der Waals surface area contributed by atoms with Crippen molar-refractivity contribution < 1.29 is 0 Å². The van der Waals surface area contributed by atoms with Crippen LogP contribution < -0.4 is 11.1 Å². The summed E-state index contributed by atoms with van der Waals surface area (Å²) in [7, 11) is 0. The summed E-state index contributed by atoms with van der Waals surface area (Å²) in [5.41, 5.74) is 5.71. The molecule has 1 saturated carbocycles. The first-order chi connectivity index (χ1) is 7.33. The highest BCUT2D eigenvalue weighted by atomic mass is 32.2. The molecule has 0 aliphatic heterocycles. The Balaban J connectivity index is 1.86. The molecule has 0 aromatic heterocycles. The number of guanidine groups is 1. The van der Waals surface area contributed by atoms with E-state index in [1.807, 2.05) is 11.8 Å². The number of nitrogens with zero attached hydrogens (tertiary/aromatic N) is 1. The van der Waals surface area contributed by atoms with Crippen LogP contribution in [0.1, 0.15) is 38.5 Å². The third-order valence-corrected chi connectivity index (χ3v) is 3.17. The van der Waals surface area contributed by atoms with E-state index in [1.165, 1.54) is 44.3 Å². The molecule has 1 aliphatic carbocycles. The molecule has 0 radical (unpaired) electrons. The van der Waals surface area contributed by atoms with Crippen LogP contribution in [0.4, 0.5) is 0 Å². The summed E-state index contributed by atoms with van der Waals surface area (Å²) in [5, 5.41) is 3.19. The zero-order chi connectivity index (χ0) is 10.9. The zero-order valence-corrected chi connectivity index (χ0v) is 10.5. The van der Waals surface area contributed by atoms with Crippen LogP contribution in [0.25, 0.3) is 0 Å². The van der Waals surface area contributed by atoms with Gasteiger partial charge in [0.15, 0.2) is 5.96 Å². The fraction of sp³-hybridized carbons (Fsp3) is 0.909. The molecule has 1 rings (SSSR count). The average molecular weight is 229 g/mol. The van der Waals surface area contributed by atoms with Gasteiger partial charge in [0.05, 0.1) is 0 Å². The van der Waals surface area contributed by atoms with E-state index in [9.17, 15) is 0 Å². The van der Waals surface area contributed by atoms with Gasteiger partial charge in [-0.25, -0.2) is 0 Å². The molecule has 0 aromatic rings. The smallest absolute Gasteiger partial charge is 0.188 e. The minimum absolute atomic E-state index is 0.621. The van der Waals surface area contributed by atoms with E-state index in [0.29, 0.717) is 12.0 Å². The third-order valence-electron chi connectivity index (χ3n) is 2.47. The molecule has 3 nitrogen and oxygen atoms in total.